The third kappa shape index (κ3) is 3.16. The Hall–Kier alpha value is -2.45. The maximum absolute atomic E-state index is 12.0. The minimum absolute atomic E-state index is 0.0429. The number of thiophene rings is 1. The molecule has 0 spiro atoms. The summed E-state index contributed by atoms with van der Waals surface area (Å²) < 4.78 is 6.91. The lowest BCUT2D eigenvalue weighted by Crippen LogP contribution is -2.11. The van der Waals surface area contributed by atoms with Gasteiger partial charge in [0.2, 0.25) is 0 Å². The molecule has 1 fully saturated rings. The average molecular weight is 420 g/mol. The maximum atomic E-state index is 12.0. The Labute approximate surface area is 170 Å². The van der Waals surface area contributed by atoms with Gasteiger partial charge in [0.15, 0.2) is 5.56 Å². The number of nitrogens with zero attached hydrogens (tertiary/aromatic N) is 3. The first-order valence-corrected chi connectivity index (χ1v) is 10.2. The summed E-state index contributed by atoms with van der Waals surface area (Å²) in [7, 11) is 1.17. The van der Waals surface area contributed by atoms with Crippen molar-refractivity contribution in [3.8, 4) is 10.4 Å². The predicted octanol–water partition coefficient (Wildman–Crippen LogP) is 5.62. The molecule has 3 aromatic rings. The van der Waals surface area contributed by atoms with Gasteiger partial charge in [-0.15, -0.1) is 11.3 Å². The first-order valence-electron chi connectivity index (χ1n) is 9.03. The van der Waals surface area contributed by atoms with Gasteiger partial charge in [-0.05, 0) is 25.0 Å². The van der Waals surface area contributed by atoms with Crippen molar-refractivity contribution in [1.29, 1.82) is 0 Å². The number of rotatable bonds is 4. The molecule has 0 saturated heterocycles. The fraction of sp³-hybridized carbons (Fsp3) is 0.368. The van der Waals surface area contributed by atoms with Gasteiger partial charge >= 0.3 is 11.7 Å². The summed E-state index contributed by atoms with van der Waals surface area (Å²) in [5.41, 5.74) is 1.85. The fourth-order valence-corrected chi connectivity index (χ4v) is 5.25. The van der Waals surface area contributed by atoms with E-state index in [1.165, 1.54) is 26.4 Å². The van der Waals surface area contributed by atoms with E-state index >= 15 is 0 Å². The zero-order valence-corrected chi connectivity index (χ0v) is 16.8. The van der Waals surface area contributed by atoms with Crippen molar-refractivity contribution in [2.75, 3.05) is 7.11 Å². The van der Waals surface area contributed by atoms with E-state index in [0.29, 0.717) is 16.5 Å². The highest BCUT2D eigenvalue weighted by Crippen LogP contribution is 2.45. The Kier molecular flexibility index (Phi) is 5.07. The minimum atomic E-state index is -0.818. The SMILES string of the molecule is COC(=O)c1c(Cl)sc(-c2ccc3c(c2)ncn3C2CCCCC2)c1[N+](=O)[O-]. The minimum Gasteiger partial charge on any atom is -0.465 e. The average Bonchev–Trinajstić information content (AvgIpc) is 3.28. The zero-order chi connectivity index (χ0) is 19.8. The maximum Gasteiger partial charge on any atom is 0.347 e. The van der Waals surface area contributed by atoms with Gasteiger partial charge in [-0.2, -0.15) is 0 Å². The number of halogens is 1. The summed E-state index contributed by atoms with van der Waals surface area (Å²) >= 11 is 7.13. The molecule has 4 rings (SSSR count). The predicted molar refractivity (Wildman–Crippen MR) is 108 cm³/mol. The first kappa shape index (κ1) is 18.9. The third-order valence-electron chi connectivity index (χ3n) is 5.22. The van der Waals surface area contributed by atoms with E-state index in [9.17, 15) is 14.9 Å². The van der Waals surface area contributed by atoms with Crippen molar-refractivity contribution in [3.63, 3.8) is 0 Å². The molecule has 28 heavy (non-hydrogen) atoms. The molecule has 2 aromatic heterocycles. The quantitative estimate of drug-likeness (QED) is 0.311. The Morgan fingerprint density at radius 3 is 2.79 bits per heavy atom. The molecule has 0 amide bonds. The topological polar surface area (TPSA) is 87.3 Å². The number of carbonyl (C=O) groups excluding carboxylic acids is 1. The number of ether oxygens (including phenoxy) is 1. The number of hydrogen-bond donors (Lipinski definition) is 0. The van der Waals surface area contributed by atoms with Crippen molar-refractivity contribution < 1.29 is 14.5 Å². The Morgan fingerprint density at radius 2 is 2.11 bits per heavy atom. The summed E-state index contributed by atoms with van der Waals surface area (Å²) in [4.78, 5) is 27.9. The van der Waals surface area contributed by atoms with Crippen LogP contribution in [-0.4, -0.2) is 27.6 Å². The highest BCUT2D eigenvalue weighted by Gasteiger charge is 2.33. The standard InChI is InChI=1S/C19H18ClN3O4S/c1-27-19(24)15-16(23(25)26)17(28-18(15)20)11-7-8-14-13(9-11)21-10-22(14)12-5-3-2-4-6-12/h7-10,12H,2-6H2,1H3. The molecule has 1 aliphatic carbocycles. The molecule has 146 valence electrons. The van der Waals surface area contributed by atoms with Crippen molar-refractivity contribution in [1.82, 2.24) is 9.55 Å². The number of imidazole rings is 1. The lowest BCUT2D eigenvalue weighted by Gasteiger charge is -2.23. The molecule has 0 N–H and O–H groups in total. The molecule has 1 aromatic carbocycles. The molecule has 2 heterocycles. The van der Waals surface area contributed by atoms with Crippen LogP contribution in [0, 0.1) is 10.1 Å². The molecular formula is C19H18ClN3O4S. The summed E-state index contributed by atoms with van der Waals surface area (Å²) in [5, 5.41) is 11.6. The second kappa shape index (κ2) is 7.52. The summed E-state index contributed by atoms with van der Waals surface area (Å²) in [6.45, 7) is 0. The molecule has 0 radical (unpaired) electrons. The lowest BCUT2D eigenvalue weighted by molar-refractivity contribution is -0.384. The van der Waals surface area contributed by atoms with Crippen LogP contribution in [0.25, 0.3) is 21.5 Å². The second-order valence-electron chi connectivity index (χ2n) is 6.82. The van der Waals surface area contributed by atoms with Crippen molar-refractivity contribution >= 4 is 45.6 Å². The van der Waals surface area contributed by atoms with E-state index in [-0.39, 0.29) is 15.6 Å². The molecular weight excluding hydrogens is 402 g/mol. The van der Waals surface area contributed by atoms with Crippen LogP contribution in [0.15, 0.2) is 24.5 Å². The normalized spacial score (nSPS) is 15.1. The molecule has 0 unspecified atom stereocenters. The second-order valence-corrected chi connectivity index (χ2v) is 8.45. The Bertz CT molecular complexity index is 1070. The first-order chi connectivity index (χ1) is 13.5. The van der Waals surface area contributed by atoms with Crippen molar-refractivity contribution in [3.05, 3.63) is 44.5 Å². The number of nitro groups is 1. The molecule has 1 saturated carbocycles. The van der Waals surface area contributed by atoms with Crippen molar-refractivity contribution in [2.45, 2.75) is 38.1 Å². The molecule has 0 aliphatic heterocycles. The molecule has 0 atom stereocenters. The molecule has 9 heteroatoms. The number of esters is 1. The van der Waals surface area contributed by atoms with E-state index < -0.39 is 10.9 Å². The van der Waals surface area contributed by atoms with E-state index in [0.717, 1.165) is 35.2 Å². The van der Waals surface area contributed by atoms with Gasteiger partial charge in [0.25, 0.3) is 0 Å². The van der Waals surface area contributed by atoms with Gasteiger partial charge < -0.3 is 9.30 Å². The third-order valence-corrected chi connectivity index (χ3v) is 6.65. The number of methoxy groups -OCH3 is 1. The fourth-order valence-electron chi connectivity index (χ4n) is 3.87. The van der Waals surface area contributed by atoms with Gasteiger partial charge in [-0.25, -0.2) is 9.78 Å². The molecule has 0 bridgehead atoms. The van der Waals surface area contributed by atoms with Crippen LogP contribution in [-0.2, 0) is 4.74 Å². The number of fused-ring (bicyclic) bond motifs is 1. The number of carbonyl (C=O) groups is 1. The van der Waals surface area contributed by atoms with E-state index in [2.05, 4.69) is 14.3 Å². The Morgan fingerprint density at radius 1 is 1.36 bits per heavy atom. The van der Waals surface area contributed by atoms with Crippen LogP contribution in [0.4, 0.5) is 5.69 Å². The zero-order valence-electron chi connectivity index (χ0n) is 15.2. The molecule has 7 nitrogen and oxygen atoms in total. The van der Waals surface area contributed by atoms with Crippen LogP contribution in [0.2, 0.25) is 4.34 Å². The lowest BCUT2D eigenvalue weighted by atomic mass is 9.95. The van der Waals surface area contributed by atoms with Crippen LogP contribution in [0.1, 0.15) is 48.5 Å². The summed E-state index contributed by atoms with van der Waals surface area (Å²) in [6.07, 6.45) is 7.85. The monoisotopic (exact) mass is 419 g/mol. The Balaban J connectivity index is 1.80. The highest BCUT2D eigenvalue weighted by molar-refractivity contribution is 7.20. The van der Waals surface area contributed by atoms with E-state index in [1.54, 1.807) is 0 Å². The van der Waals surface area contributed by atoms with Crippen LogP contribution in [0.3, 0.4) is 0 Å². The summed E-state index contributed by atoms with van der Waals surface area (Å²) in [6, 6.07) is 6.01. The van der Waals surface area contributed by atoms with Crippen molar-refractivity contribution in [2.24, 2.45) is 0 Å². The van der Waals surface area contributed by atoms with Crippen LogP contribution in [0.5, 0.6) is 0 Å². The van der Waals surface area contributed by atoms with Gasteiger partial charge in [-0.1, -0.05) is 36.9 Å². The van der Waals surface area contributed by atoms with Gasteiger partial charge in [0, 0.05) is 11.6 Å². The van der Waals surface area contributed by atoms with Gasteiger partial charge in [-0.3, -0.25) is 10.1 Å². The smallest absolute Gasteiger partial charge is 0.347 e. The van der Waals surface area contributed by atoms with Gasteiger partial charge in [0.1, 0.15) is 9.21 Å². The largest absolute Gasteiger partial charge is 0.465 e. The number of hydrogen-bond acceptors (Lipinski definition) is 6. The number of aromatic nitrogens is 2. The van der Waals surface area contributed by atoms with Crippen LogP contribution >= 0.6 is 22.9 Å². The number of benzene rings is 1. The van der Waals surface area contributed by atoms with Gasteiger partial charge in [0.05, 0.1) is 29.4 Å². The highest BCUT2D eigenvalue weighted by atomic mass is 35.5. The summed E-state index contributed by atoms with van der Waals surface area (Å²) in [5.74, 6) is -0.818. The van der Waals surface area contributed by atoms with E-state index in [1.807, 2.05) is 24.5 Å². The molecule has 1 aliphatic rings. The van der Waals surface area contributed by atoms with Crippen LogP contribution < -0.4 is 0 Å². The van der Waals surface area contributed by atoms with E-state index in [4.69, 9.17) is 11.6 Å².